The Morgan fingerprint density at radius 3 is 2.79 bits per heavy atom. The number of hydrogen-bond donors (Lipinski definition) is 1. The molecule has 0 aromatic heterocycles. The molecule has 0 saturated carbocycles. The van der Waals surface area contributed by atoms with Crippen molar-refractivity contribution in [2.45, 2.75) is 24.7 Å². The second-order valence-electron chi connectivity index (χ2n) is 4.74. The van der Waals surface area contributed by atoms with Crippen molar-refractivity contribution >= 4 is 31.6 Å². The first kappa shape index (κ1) is 14.7. The summed E-state index contributed by atoms with van der Waals surface area (Å²) in [6, 6.07) is 2.53. The molecule has 0 radical (unpaired) electrons. The molecule has 106 valence electrons. The van der Waals surface area contributed by atoms with Gasteiger partial charge in [-0.05, 0) is 40.4 Å². The molecule has 2 rings (SSSR count). The van der Waals surface area contributed by atoms with Crippen molar-refractivity contribution in [1.82, 2.24) is 4.31 Å². The predicted octanol–water partition coefficient (Wildman–Crippen LogP) is 2.59. The molecule has 1 fully saturated rings. The third-order valence-electron chi connectivity index (χ3n) is 3.46. The lowest BCUT2D eigenvalue weighted by molar-refractivity contribution is 0.447. The van der Waals surface area contributed by atoms with Crippen LogP contribution in [0.3, 0.4) is 0 Å². The highest BCUT2D eigenvalue weighted by Gasteiger charge is 2.34. The third-order valence-corrected chi connectivity index (χ3v) is 5.90. The van der Waals surface area contributed by atoms with E-state index in [2.05, 4.69) is 15.9 Å². The van der Waals surface area contributed by atoms with Gasteiger partial charge in [0.1, 0.15) is 4.90 Å². The van der Waals surface area contributed by atoms with Crippen LogP contribution in [0.25, 0.3) is 0 Å². The van der Waals surface area contributed by atoms with E-state index in [-0.39, 0.29) is 15.1 Å². The van der Waals surface area contributed by atoms with Gasteiger partial charge in [0.15, 0.2) is 5.82 Å². The van der Waals surface area contributed by atoms with E-state index in [4.69, 9.17) is 5.73 Å². The summed E-state index contributed by atoms with van der Waals surface area (Å²) in [6.45, 7) is 2.91. The number of nitrogens with two attached hydrogens (primary N) is 1. The first-order valence-corrected chi connectivity index (χ1v) is 8.34. The van der Waals surface area contributed by atoms with Gasteiger partial charge >= 0.3 is 0 Å². The molecule has 1 atom stereocenters. The highest BCUT2D eigenvalue weighted by molar-refractivity contribution is 9.10. The molecular weight excluding hydrogens is 335 g/mol. The number of nitrogens with zero attached hydrogens (tertiary/aromatic N) is 1. The van der Waals surface area contributed by atoms with Gasteiger partial charge in [0.25, 0.3) is 0 Å². The summed E-state index contributed by atoms with van der Waals surface area (Å²) >= 11 is 2.99. The summed E-state index contributed by atoms with van der Waals surface area (Å²) in [5.41, 5.74) is 5.82. The lowest BCUT2D eigenvalue weighted by atomic mass is 10.1. The van der Waals surface area contributed by atoms with Crippen molar-refractivity contribution in [2.24, 2.45) is 5.92 Å². The van der Waals surface area contributed by atoms with Crippen molar-refractivity contribution in [2.75, 3.05) is 18.8 Å². The molecular formula is C12H16BrFN2O2S. The van der Waals surface area contributed by atoms with E-state index >= 15 is 0 Å². The van der Waals surface area contributed by atoms with E-state index < -0.39 is 15.8 Å². The Morgan fingerprint density at radius 2 is 2.21 bits per heavy atom. The highest BCUT2D eigenvalue weighted by Crippen LogP contribution is 2.31. The van der Waals surface area contributed by atoms with Gasteiger partial charge in [-0.15, -0.1) is 0 Å². The number of anilines is 1. The molecule has 1 unspecified atom stereocenters. The van der Waals surface area contributed by atoms with E-state index in [1.807, 2.05) is 6.92 Å². The number of halogens is 2. The van der Waals surface area contributed by atoms with Crippen LogP contribution in [0.2, 0.25) is 0 Å². The van der Waals surface area contributed by atoms with Gasteiger partial charge in [0, 0.05) is 18.8 Å². The van der Waals surface area contributed by atoms with E-state index in [9.17, 15) is 12.8 Å². The molecule has 0 aliphatic carbocycles. The van der Waals surface area contributed by atoms with Crippen LogP contribution in [0.4, 0.5) is 10.1 Å². The zero-order valence-corrected chi connectivity index (χ0v) is 13.0. The fraction of sp³-hybridized carbons (Fsp3) is 0.500. The van der Waals surface area contributed by atoms with Crippen LogP contribution < -0.4 is 5.73 Å². The largest absolute Gasteiger partial charge is 0.399 e. The Morgan fingerprint density at radius 1 is 1.53 bits per heavy atom. The molecule has 1 aliphatic heterocycles. The molecule has 1 saturated heterocycles. The Hall–Kier alpha value is -0.660. The minimum absolute atomic E-state index is 0.0670. The summed E-state index contributed by atoms with van der Waals surface area (Å²) in [7, 11) is -3.81. The maximum Gasteiger partial charge on any atom is 0.246 e. The summed E-state index contributed by atoms with van der Waals surface area (Å²) < 4.78 is 40.3. The van der Waals surface area contributed by atoms with Crippen LogP contribution in [-0.4, -0.2) is 25.8 Å². The van der Waals surface area contributed by atoms with E-state index in [0.717, 1.165) is 12.8 Å². The fourth-order valence-electron chi connectivity index (χ4n) is 2.26. The van der Waals surface area contributed by atoms with E-state index in [1.54, 1.807) is 0 Å². The van der Waals surface area contributed by atoms with Crippen molar-refractivity contribution in [3.05, 3.63) is 22.4 Å². The zero-order valence-electron chi connectivity index (χ0n) is 10.6. The average Bonchev–Trinajstić information content (AvgIpc) is 2.83. The van der Waals surface area contributed by atoms with Crippen LogP contribution in [0.5, 0.6) is 0 Å². The molecule has 1 aromatic carbocycles. The van der Waals surface area contributed by atoms with Crippen LogP contribution in [-0.2, 0) is 10.0 Å². The Kier molecular flexibility index (Phi) is 4.17. The standard InChI is InChI=1S/C12H16BrFN2O2S/c1-2-8-3-4-16(7-8)19(17,18)11-6-9(15)5-10(13)12(11)14/h5-6,8H,2-4,7,15H2,1H3. The minimum Gasteiger partial charge on any atom is -0.399 e. The quantitative estimate of drug-likeness (QED) is 0.852. The number of benzene rings is 1. The van der Waals surface area contributed by atoms with Gasteiger partial charge in [-0.25, -0.2) is 12.8 Å². The number of hydrogen-bond acceptors (Lipinski definition) is 3. The maximum atomic E-state index is 14.0. The number of nitrogen functional groups attached to an aromatic ring is 1. The molecule has 0 spiro atoms. The third kappa shape index (κ3) is 2.78. The van der Waals surface area contributed by atoms with Gasteiger partial charge in [-0.2, -0.15) is 4.31 Å². The molecule has 2 N–H and O–H groups in total. The Labute approximate surface area is 121 Å². The highest BCUT2D eigenvalue weighted by atomic mass is 79.9. The first-order valence-electron chi connectivity index (χ1n) is 6.11. The van der Waals surface area contributed by atoms with Crippen LogP contribution in [0.1, 0.15) is 19.8 Å². The summed E-state index contributed by atoms with van der Waals surface area (Å²) in [4.78, 5) is -0.351. The summed E-state index contributed by atoms with van der Waals surface area (Å²) in [5.74, 6) is -0.434. The Balaban J connectivity index is 2.41. The lowest BCUT2D eigenvalue weighted by Crippen LogP contribution is -2.29. The Bertz CT molecular complexity index is 592. The molecule has 1 aliphatic rings. The van der Waals surface area contributed by atoms with Crippen LogP contribution in [0.15, 0.2) is 21.5 Å². The molecule has 0 bridgehead atoms. The normalized spacial score (nSPS) is 20.9. The monoisotopic (exact) mass is 350 g/mol. The van der Waals surface area contributed by atoms with Crippen molar-refractivity contribution in [3.8, 4) is 0 Å². The molecule has 7 heteroatoms. The summed E-state index contributed by atoms with van der Waals surface area (Å²) in [6.07, 6.45) is 1.75. The van der Waals surface area contributed by atoms with Crippen LogP contribution >= 0.6 is 15.9 Å². The van der Waals surface area contributed by atoms with Gasteiger partial charge in [-0.1, -0.05) is 13.3 Å². The number of rotatable bonds is 3. The molecule has 1 heterocycles. The topological polar surface area (TPSA) is 63.4 Å². The van der Waals surface area contributed by atoms with E-state index in [0.29, 0.717) is 19.0 Å². The number of sulfonamides is 1. The second kappa shape index (κ2) is 5.38. The molecule has 4 nitrogen and oxygen atoms in total. The van der Waals surface area contributed by atoms with E-state index in [1.165, 1.54) is 16.4 Å². The summed E-state index contributed by atoms with van der Waals surface area (Å²) in [5, 5.41) is 0. The first-order chi connectivity index (χ1) is 8.86. The average molecular weight is 351 g/mol. The van der Waals surface area contributed by atoms with Crippen molar-refractivity contribution < 1.29 is 12.8 Å². The zero-order chi connectivity index (χ0) is 14.2. The van der Waals surface area contributed by atoms with Gasteiger partial charge in [-0.3, -0.25) is 0 Å². The molecule has 1 aromatic rings. The van der Waals surface area contributed by atoms with Crippen molar-refractivity contribution in [1.29, 1.82) is 0 Å². The minimum atomic E-state index is -3.81. The van der Waals surface area contributed by atoms with Crippen LogP contribution in [0, 0.1) is 11.7 Å². The predicted molar refractivity (Wildman–Crippen MR) is 75.7 cm³/mol. The van der Waals surface area contributed by atoms with Gasteiger partial charge in [0.2, 0.25) is 10.0 Å². The van der Waals surface area contributed by atoms with Gasteiger partial charge < -0.3 is 5.73 Å². The smallest absolute Gasteiger partial charge is 0.246 e. The van der Waals surface area contributed by atoms with Crippen molar-refractivity contribution in [3.63, 3.8) is 0 Å². The fourth-order valence-corrected chi connectivity index (χ4v) is 4.52. The lowest BCUT2D eigenvalue weighted by Gasteiger charge is -2.17. The molecule has 19 heavy (non-hydrogen) atoms. The second-order valence-corrected chi connectivity index (χ2v) is 7.50. The van der Waals surface area contributed by atoms with Gasteiger partial charge in [0.05, 0.1) is 4.47 Å². The SMILES string of the molecule is CCC1CCN(S(=O)(=O)c2cc(N)cc(Br)c2F)C1. The maximum absolute atomic E-state index is 14.0. The molecule has 0 amide bonds.